The molecule has 164 valence electrons. The van der Waals surface area contributed by atoms with Gasteiger partial charge in [-0.2, -0.15) is 4.31 Å². The monoisotopic (exact) mass is 445 g/mol. The van der Waals surface area contributed by atoms with E-state index in [1.54, 1.807) is 19.1 Å². The van der Waals surface area contributed by atoms with Gasteiger partial charge in [-0.3, -0.25) is 14.5 Å². The molecule has 2 fully saturated rings. The molecule has 0 unspecified atom stereocenters. The molecule has 0 radical (unpaired) electrons. The highest BCUT2D eigenvalue weighted by atomic mass is 32.2. The summed E-state index contributed by atoms with van der Waals surface area (Å²) in [5.74, 6) is -1.14. The largest absolute Gasteiger partial charge is 0.289 e. The fourth-order valence-electron chi connectivity index (χ4n) is 4.25. The molecule has 0 N–H and O–H groups in total. The predicted molar refractivity (Wildman–Crippen MR) is 114 cm³/mol. The Morgan fingerprint density at radius 1 is 0.935 bits per heavy atom. The Balaban J connectivity index is 1.46. The van der Waals surface area contributed by atoms with Crippen molar-refractivity contribution >= 4 is 27.5 Å². The van der Waals surface area contributed by atoms with Gasteiger partial charge in [-0.1, -0.05) is 17.7 Å². The first kappa shape index (κ1) is 21.6. The van der Waals surface area contributed by atoms with Crippen molar-refractivity contribution < 1.29 is 22.4 Å². The molecule has 0 saturated carbocycles. The van der Waals surface area contributed by atoms with Gasteiger partial charge in [-0.25, -0.2) is 17.7 Å². The summed E-state index contributed by atoms with van der Waals surface area (Å²) in [7, 11) is -3.63. The lowest BCUT2D eigenvalue weighted by Crippen LogP contribution is -2.53. The van der Waals surface area contributed by atoms with Gasteiger partial charge in [0, 0.05) is 26.2 Å². The molecule has 2 aliphatic rings. The van der Waals surface area contributed by atoms with Crippen LogP contribution in [0.15, 0.2) is 47.4 Å². The van der Waals surface area contributed by atoms with E-state index in [1.165, 1.54) is 28.6 Å². The molecular weight excluding hydrogens is 421 g/mol. The van der Waals surface area contributed by atoms with Crippen molar-refractivity contribution in [3.05, 3.63) is 59.4 Å². The van der Waals surface area contributed by atoms with Crippen molar-refractivity contribution in [2.75, 3.05) is 31.1 Å². The summed E-state index contributed by atoms with van der Waals surface area (Å²) in [5.41, 5.74) is 2.04. The lowest BCUT2D eigenvalue weighted by atomic mass is 10.2. The summed E-state index contributed by atoms with van der Waals surface area (Å²) in [6.45, 7) is 4.88. The van der Waals surface area contributed by atoms with Crippen LogP contribution in [-0.4, -0.2) is 61.7 Å². The maximum atomic E-state index is 13.2. The molecule has 2 aliphatic heterocycles. The molecule has 2 saturated heterocycles. The van der Waals surface area contributed by atoms with Gasteiger partial charge in [-0.15, -0.1) is 0 Å². The number of nitrogens with zero attached hydrogens (tertiary/aromatic N) is 3. The number of halogens is 1. The van der Waals surface area contributed by atoms with E-state index < -0.39 is 21.9 Å². The zero-order chi connectivity index (χ0) is 22.3. The van der Waals surface area contributed by atoms with Crippen LogP contribution in [0.1, 0.15) is 17.5 Å². The quantitative estimate of drug-likeness (QED) is 0.674. The number of piperazine rings is 1. The number of anilines is 1. The van der Waals surface area contributed by atoms with E-state index in [2.05, 4.69) is 0 Å². The maximum absolute atomic E-state index is 13.2. The second kappa shape index (κ2) is 8.14. The van der Waals surface area contributed by atoms with E-state index >= 15 is 0 Å². The van der Waals surface area contributed by atoms with E-state index in [-0.39, 0.29) is 31.3 Å². The van der Waals surface area contributed by atoms with Gasteiger partial charge < -0.3 is 0 Å². The minimum absolute atomic E-state index is 0.0278. The van der Waals surface area contributed by atoms with Crippen LogP contribution in [0.5, 0.6) is 0 Å². The first-order chi connectivity index (χ1) is 14.7. The number of amides is 2. The Labute approximate surface area is 181 Å². The predicted octanol–water partition coefficient (Wildman–Crippen LogP) is 2.08. The van der Waals surface area contributed by atoms with Crippen LogP contribution in [0.25, 0.3) is 0 Å². The second-order valence-electron chi connectivity index (χ2n) is 7.97. The topological polar surface area (TPSA) is 78.0 Å². The van der Waals surface area contributed by atoms with Crippen LogP contribution in [0.4, 0.5) is 10.1 Å². The number of hydrogen-bond acceptors (Lipinski definition) is 5. The Kier molecular flexibility index (Phi) is 5.67. The standard InChI is InChI=1S/C22H24FN3O4S/c1-15-3-8-20(16(2)13-15)31(29,30)25-11-9-24(10-12-25)19-14-21(27)26(22(19)28)18-6-4-17(23)5-7-18/h3-8,13,19H,9-12,14H2,1-2H3/t19-/m1/s1. The highest BCUT2D eigenvalue weighted by Gasteiger charge is 2.44. The Hall–Kier alpha value is -2.62. The number of imide groups is 1. The molecule has 7 nitrogen and oxygen atoms in total. The summed E-state index contributed by atoms with van der Waals surface area (Å²) in [4.78, 5) is 28.6. The van der Waals surface area contributed by atoms with Crippen LogP contribution in [0.3, 0.4) is 0 Å². The van der Waals surface area contributed by atoms with E-state index in [4.69, 9.17) is 0 Å². The Morgan fingerprint density at radius 3 is 2.19 bits per heavy atom. The zero-order valence-corrected chi connectivity index (χ0v) is 18.2. The van der Waals surface area contributed by atoms with Crippen LogP contribution < -0.4 is 4.90 Å². The summed E-state index contributed by atoms with van der Waals surface area (Å²) in [6, 6.07) is 9.85. The Morgan fingerprint density at radius 2 is 1.58 bits per heavy atom. The summed E-state index contributed by atoms with van der Waals surface area (Å²) < 4.78 is 40.8. The number of rotatable bonds is 4. The number of benzene rings is 2. The van der Waals surface area contributed by atoms with Crippen molar-refractivity contribution in [3.8, 4) is 0 Å². The minimum atomic E-state index is -3.63. The number of carbonyl (C=O) groups excluding carboxylic acids is 2. The fraction of sp³-hybridized carbons (Fsp3) is 0.364. The van der Waals surface area contributed by atoms with Gasteiger partial charge in [0.25, 0.3) is 5.91 Å². The highest BCUT2D eigenvalue weighted by molar-refractivity contribution is 7.89. The maximum Gasteiger partial charge on any atom is 0.251 e. The van der Waals surface area contributed by atoms with Gasteiger partial charge >= 0.3 is 0 Å². The van der Waals surface area contributed by atoms with Gasteiger partial charge in [0.1, 0.15) is 5.82 Å². The van der Waals surface area contributed by atoms with E-state index in [9.17, 15) is 22.4 Å². The number of carbonyl (C=O) groups is 2. The SMILES string of the molecule is Cc1ccc(S(=O)(=O)N2CCN([C@@H]3CC(=O)N(c4ccc(F)cc4)C3=O)CC2)c(C)c1. The minimum Gasteiger partial charge on any atom is -0.289 e. The van der Waals surface area contributed by atoms with Crippen molar-refractivity contribution in [2.45, 2.75) is 31.2 Å². The lowest BCUT2D eigenvalue weighted by molar-refractivity contribution is -0.123. The average Bonchev–Trinajstić information content (AvgIpc) is 3.02. The van der Waals surface area contributed by atoms with E-state index in [1.807, 2.05) is 17.9 Å². The smallest absolute Gasteiger partial charge is 0.251 e. The van der Waals surface area contributed by atoms with Gasteiger partial charge in [0.15, 0.2) is 0 Å². The Bertz CT molecular complexity index is 1130. The molecule has 2 heterocycles. The number of hydrogen-bond donors (Lipinski definition) is 0. The van der Waals surface area contributed by atoms with Crippen molar-refractivity contribution in [3.63, 3.8) is 0 Å². The molecule has 4 rings (SSSR count). The molecule has 2 aromatic rings. The molecule has 0 spiro atoms. The molecule has 0 aliphatic carbocycles. The first-order valence-electron chi connectivity index (χ1n) is 10.1. The third-order valence-corrected chi connectivity index (χ3v) is 7.93. The average molecular weight is 446 g/mol. The fourth-order valence-corrected chi connectivity index (χ4v) is 5.87. The molecular formula is C22H24FN3O4S. The number of aryl methyl sites for hydroxylation is 2. The van der Waals surface area contributed by atoms with Crippen LogP contribution in [-0.2, 0) is 19.6 Å². The van der Waals surface area contributed by atoms with E-state index in [0.29, 0.717) is 29.2 Å². The van der Waals surface area contributed by atoms with Crippen molar-refractivity contribution in [1.82, 2.24) is 9.21 Å². The van der Waals surface area contributed by atoms with Crippen LogP contribution >= 0.6 is 0 Å². The summed E-state index contributed by atoms with van der Waals surface area (Å²) >= 11 is 0. The van der Waals surface area contributed by atoms with Crippen LogP contribution in [0.2, 0.25) is 0 Å². The lowest BCUT2D eigenvalue weighted by Gasteiger charge is -2.36. The summed E-state index contributed by atoms with van der Waals surface area (Å²) in [6.07, 6.45) is 0.0278. The van der Waals surface area contributed by atoms with E-state index in [0.717, 1.165) is 10.5 Å². The molecule has 0 bridgehead atoms. The second-order valence-corrected chi connectivity index (χ2v) is 9.88. The normalized spacial score (nSPS) is 21.1. The van der Waals surface area contributed by atoms with Crippen molar-refractivity contribution in [1.29, 1.82) is 0 Å². The third-order valence-electron chi connectivity index (χ3n) is 5.87. The molecule has 0 aromatic heterocycles. The molecule has 9 heteroatoms. The van der Waals surface area contributed by atoms with Gasteiger partial charge in [-0.05, 0) is 49.7 Å². The highest BCUT2D eigenvalue weighted by Crippen LogP contribution is 2.28. The molecule has 2 aromatic carbocycles. The third kappa shape index (κ3) is 4.00. The van der Waals surface area contributed by atoms with Crippen molar-refractivity contribution in [2.24, 2.45) is 0 Å². The summed E-state index contributed by atoms with van der Waals surface area (Å²) in [5, 5.41) is 0. The first-order valence-corrected chi connectivity index (χ1v) is 11.6. The van der Waals surface area contributed by atoms with Gasteiger partial charge in [0.2, 0.25) is 15.9 Å². The van der Waals surface area contributed by atoms with Gasteiger partial charge in [0.05, 0.1) is 23.0 Å². The molecule has 2 amide bonds. The number of sulfonamides is 1. The zero-order valence-electron chi connectivity index (χ0n) is 17.4. The molecule has 1 atom stereocenters. The molecule has 31 heavy (non-hydrogen) atoms. The van der Waals surface area contributed by atoms with Crippen LogP contribution in [0, 0.1) is 19.7 Å².